The third-order valence-corrected chi connectivity index (χ3v) is 5.54. The van der Waals surface area contributed by atoms with Gasteiger partial charge in [-0.15, -0.1) is 0 Å². The Morgan fingerprint density at radius 2 is 1.03 bits per heavy atom. The van der Waals surface area contributed by atoms with Gasteiger partial charge in [-0.05, 0) is 74.0 Å². The van der Waals surface area contributed by atoms with Gasteiger partial charge in [-0.25, -0.2) is 4.79 Å². The van der Waals surface area contributed by atoms with Crippen LogP contribution in [0.25, 0.3) is 28.3 Å². The molecule has 0 saturated heterocycles. The van der Waals surface area contributed by atoms with Crippen LogP contribution in [0.1, 0.15) is 58.2 Å². The highest BCUT2D eigenvalue weighted by Crippen LogP contribution is 2.32. The summed E-state index contributed by atoms with van der Waals surface area (Å²) in [6, 6.07) is 23.5. The Hall–Kier alpha value is -3.13. The van der Waals surface area contributed by atoms with E-state index in [2.05, 4.69) is 96.1 Å². The molecular formula is C29H32O2. The first-order valence-electron chi connectivity index (χ1n) is 10.7. The number of hydrogen-bond acceptors (Lipinski definition) is 1. The van der Waals surface area contributed by atoms with Gasteiger partial charge >= 0.3 is 5.97 Å². The first kappa shape index (κ1) is 22.6. The zero-order valence-corrected chi connectivity index (χ0v) is 19.4. The molecule has 3 aromatic rings. The minimum absolute atomic E-state index is 0.102. The van der Waals surface area contributed by atoms with Crippen molar-refractivity contribution in [3.63, 3.8) is 0 Å². The van der Waals surface area contributed by atoms with Gasteiger partial charge in [-0.3, -0.25) is 0 Å². The van der Waals surface area contributed by atoms with E-state index in [9.17, 15) is 4.79 Å². The maximum absolute atomic E-state index is 11.1. The number of rotatable bonds is 4. The normalized spacial score (nSPS) is 12.3. The van der Waals surface area contributed by atoms with Crippen LogP contribution in [0, 0.1) is 0 Å². The van der Waals surface area contributed by atoms with Crippen LogP contribution in [0.3, 0.4) is 0 Å². The highest BCUT2D eigenvalue weighted by Gasteiger charge is 2.15. The van der Waals surface area contributed by atoms with E-state index in [1.165, 1.54) is 17.2 Å². The van der Waals surface area contributed by atoms with Crippen LogP contribution in [0.5, 0.6) is 0 Å². The fourth-order valence-electron chi connectivity index (χ4n) is 3.57. The Kier molecular flexibility index (Phi) is 6.22. The molecule has 0 aliphatic carbocycles. The maximum atomic E-state index is 11.1. The smallest absolute Gasteiger partial charge is 0.328 e. The molecule has 3 rings (SSSR count). The molecule has 0 aliphatic heterocycles. The van der Waals surface area contributed by atoms with E-state index in [1.807, 2.05) is 12.1 Å². The summed E-state index contributed by atoms with van der Waals surface area (Å²) in [5.41, 5.74) is 8.03. The number of carboxylic acid groups (broad SMARTS) is 1. The zero-order chi connectivity index (χ0) is 22.8. The third-order valence-electron chi connectivity index (χ3n) is 5.54. The van der Waals surface area contributed by atoms with Gasteiger partial charge in [0.15, 0.2) is 0 Å². The van der Waals surface area contributed by atoms with E-state index in [-0.39, 0.29) is 10.8 Å². The van der Waals surface area contributed by atoms with Crippen LogP contribution in [0.4, 0.5) is 0 Å². The first-order chi connectivity index (χ1) is 14.4. The highest BCUT2D eigenvalue weighted by molar-refractivity contribution is 5.86. The van der Waals surface area contributed by atoms with Crippen molar-refractivity contribution in [2.24, 2.45) is 0 Å². The van der Waals surface area contributed by atoms with Crippen LogP contribution in [-0.2, 0) is 15.6 Å². The summed E-state index contributed by atoms with van der Waals surface area (Å²) in [6.45, 7) is 13.2. The van der Waals surface area contributed by atoms with Gasteiger partial charge in [-0.2, -0.15) is 0 Å². The molecule has 2 nitrogen and oxygen atoms in total. The maximum Gasteiger partial charge on any atom is 0.328 e. The Balaban J connectivity index is 2.07. The van der Waals surface area contributed by atoms with E-state index >= 15 is 0 Å². The molecule has 0 atom stereocenters. The van der Waals surface area contributed by atoms with E-state index in [1.54, 1.807) is 6.08 Å². The molecule has 0 radical (unpaired) electrons. The summed E-state index contributed by atoms with van der Waals surface area (Å²) >= 11 is 0. The second-order valence-electron chi connectivity index (χ2n) is 10.2. The minimum atomic E-state index is -0.948. The molecule has 0 aliphatic rings. The summed E-state index contributed by atoms with van der Waals surface area (Å²) in [4.78, 5) is 11.1. The van der Waals surface area contributed by atoms with Crippen LogP contribution in [-0.4, -0.2) is 11.1 Å². The first-order valence-corrected chi connectivity index (χ1v) is 10.7. The number of benzene rings is 3. The fourth-order valence-corrected chi connectivity index (χ4v) is 3.57. The van der Waals surface area contributed by atoms with Crippen LogP contribution in [0.2, 0.25) is 0 Å². The van der Waals surface area contributed by atoms with Crippen molar-refractivity contribution in [3.05, 3.63) is 89.5 Å². The van der Waals surface area contributed by atoms with Gasteiger partial charge in [0, 0.05) is 6.08 Å². The summed E-state index contributed by atoms with van der Waals surface area (Å²) in [5, 5.41) is 9.07. The lowest BCUT2D eigenvalue weighted by Crippen LogP contribution is -2.10. The van der Waals surface area contributed by atoms with E-state index < -0.39 is 5.97 Å². The predicted octanol–water partition coefficient (Wildman–Crippen LogP) is 7.71. The standard InChI is InChI=1S/C29H32O2/c1-28(2,3)25-12-8-21(9-13-25)23-17-20(7-16-27(30)31)18-24(19-23)22-10-14-26(15-11-22)29(4,5)6/h7-19H,1-6H3,(H,30,31). The molecule has 0 amide bonds. The van der Waals surface area contributed by atoms with Crippen LogP contribution in [0.15, 0.2) is 72.8 Å². The molecular weight excluding hydrogens is 380 g/mol. The second-order valence-corrected chi connectivity index (χ2v) is 10.2. The Morgan fingerprint density at radius 3 is 1.35 bits per heavy atom. The van der Waals surface area contributed by atoms with Crippen molar-refractivity contribution in [1.29, 1.82) is 0 Å². The van der Waals surface area contributed by atoms with Crippen molar-refractivity contribution >= 4 is 12.0 Å². The molecule has 160 valence electrons. The highest BCUT2D eigenvalue weighted by atomic mass is 16.4. The van der Waals surface area contributed by atoms with Gasteiger partial charge < -0.3 is 5.11 Å². The molecule has 0 bridgehead atoms. The number of aliphatic carboxylic acids is 1. The Labute approximate surface area is 186 Å². The van der Waals surface area contributed by atoms with Crippen molar-refractivity contribution in [3.8, 4) is 22.3 Å². The Morgan fingerprint density at radius 1 is 0.645 bits per heavy atom. The van der Waals surface area contributed by atoms with Crippen LogP contribution < -0.4 is 0 Å². The second kappa shape index (κ2) is 8.55. The average Bonchev–Trinajstić information content (AvgIpc) is 2.71. The molecule has 0 unspecified atom stereocenters. The fraction of sp³-hybridized carbons (Fsp3) is 0.276. The lowest BCUT2D eigenvalue weighted by Gasteiger charge is -2.20. The van der Waals surface area contributed by atoms with Gasteiger partial charge in [0.25, 0.3) is 0 Å². The van der Waals surface area contributed by atoms with E-state index in [4.69, 9.17) is 5.11 Å². The molecule has 3 aromatic carbocycles. The van der Waals surface area contributed by atoms with Gasteiger partial charge in [0.2, 0.25) is 0 Å². The average molecular weight is 413 g/mol. The summed E-state index contributed by atoms with van der Waals surface area (Å²) < 4.78 is 0. The topological polar surface area (TPSA) is 37.3 Å². The molecule has 0 heterocycles. The number of hydrogen-bond donors (Lipinski definition) is 1. The predicted molar refractivity (Wildman–Crippen MR) is 131 cm³/mol. The molecule has 1 N–H and O–H groups in total. The minimum Gasteiger partial charge on any atom is -0.478 e. The largest absolute Gasteiger partial charge is 0.478 e. The van der Waals surface area contributed by atoms with Crippen LogP contribution >= 0.6 is 0 Å². The van der Waals surface area contributed by atoms with Crippen molar-refractivity contribution in [2.45, 2.75) is 52.4 Å². The summed E-state index contributed by atoms with van der Waals surface area (Å²) in [5.74, 6) is -0.948. The lowest BCUT2D eigenvalue weighted by atomic mass is 9.85. The monoisotopic (exact) mass is 412 g/mol. The van der Waals surface area contributed by atoms with E-state index in [0.717, 1.165) is 27.8 Å². The van der Waals surface area contributed by atoms with Crippen molar-refractivity contribution < 1.29 is 9.90 Å². The number of carboxylic acids is 1. The number of carbonyl (C=O) groups is 1. The summed E-state index contributed by atoms with van der Waals surface area (Å²) in [7, 11) is 0. The third kappa shape index (κ3) is 5.73. The molecule has 31 heavy (non-hydrogen) atoms. The molecule has 2 heteroatoms. The lowest BCUT2D eigenvalue weighted by molar-refractivity contribution is -0.131. The Bertz CT molecular complexity index is 1010. The molecule has 0 aromatic heterocycles. The zero-order valence-electron chi connectivity index (χ0n) is 19.4. The SMILES string of the molecule is CC(C)(C)c1ccc(-c2cc(C=CC(=O)O)cc(-c3ccc(C(C)(C)C)cc3)c2)cc1. The molecule has 0 fully saturated rings. The van der Waals surface area contributed by atoms with Gasteiger partial charge in [0.1, 0.15) is 0 Å². The van der Waals surface area contributed by atoms with Gasteiger partial charge in [0.05, 0.1) is 0 Å². The van der Waals surface area contributed by atoms with E-state index in [0.29, 0.717) is 0 Å². The molecule has 0 saturated carbocycles. The van der Waals surface area contributed by atoms with Crippen molar-refractivity contribution in [1.82, 2.24) is 0 Å². The van der Waals surface area contributed by atoms with Crippen molar-refractivity contribution in [2.75, 3.05) is 0 Å². The quantitative estimate of drug-likeness (QED) is 0.445. The summed E-state index contributed by atoms with van der Waals surface area (Å²) in [6.07, 6.45) is 2.84. The van der Waals surface area contributed by atoms with Gasteiger partial charge in [-0.1, -0.05) is 90.1 Å². The molecule has 0 spiro atoms.